The number of amides is 1. The van der Waals surface area contributed by atoms with Gasteiger partial charge in [0.25, 0.3) is 5.91 Å². The van der Waals surface area contributed by atoms with Crippen LogP contribution in [-0.2, 0) is 29.2 Å². The van der Waals surface area contributed by atoms with Gasteiger partial charge in [0.15, 0.2) is 5.82 Å². The molecular formula is C18H23N5O5. The van der Waals surface area contributed by atoms with Gasteiger partial charge in [0.1, 0.15) is 12.2 Å². The highest BCUT2D eigenvalue weighted by Crippen LogP contribution is 2.32. The topological polar surface area (TPSA) is 101 Å². The number of hydrogen-bond donors (Lipinski definition) is 0. The summed E-state index contributed by atoms with van der Waals surface area (Å²) in [6, 6.07) is 3.29. The van der Waals surface area contributed by atoms with Gasteiger partial charge < -0.3 is 19.1 Å². The first-order valence-electron chi connectivity index (χ1n) is 9.14. The van der Waals surface area contributed by atoms with Crippen LogP contribution in [0.4, 0.5) is 0 Å². The van der Waals surface area contributed by atoms with E-state index in [1.165, 1.54) is 11.8 Å². The lowest BCUT2D eigenvalue weighted by molar-refractivity contribution is -0.0816. The molecule has 1 amide bonds. The quantitative estimate of drug-likeness (QED) is 0.704. The van der Waals surface area contributed by atoms with Crippen molar-refractivity contribution in [3.05, 3.63) is 40.2 Å². The van der Waals surface area contributed by atoms with Crippen LogP contribution in [0.1, 0.15) is 22.6 Å². The zero-order valence-corrected chi connectivity index (χ0v) is 16.0. The molecule has 0 bridgehead atoms. The Bertz CT molecular complexity index is 939. The number of carbonyl (C=O) groups is 1. The summed E-state index contributed by atoms with van der Waals surface area (Å²) < 4.78 is 19.3. The first-order valence-corrected chi connectivity index (χ1v) is 9.14. The number of carbonyl (C=O) groups excluding carboxylic acids is 1. The van der Waals surface area contributed by atoms with E-state index >= 15 is 0 Å². The molecule has 0 radical (unpaired) electrons. The normalized spacial score (nSPS) is 21.1. The molecule has 2 aromatic heterocycles. The van der Waals surface area contributed by atoms with E-state index < -0.39 is 5.60 Å². The summed E-state index contributed by atoms with van der Waals surface area (Å²) in [5, 5.41) is 4.32. The average Bonchev–Trinajstić information content (AvgIpc) is 3.27. The molecule has 1 unspecified atom stereocenters. The van der Waals surface area contributed by atoms with Gasteiger partial charge in [-0.3, -0.25) is 9.36 Å². The number of pyridine rings is 1. The molecule has 2 aliphatic heterocycles. The Hall–Kier alpha value is -2.72. The second-order valence-electron chi connectivity index (χ2n) is 7.04. The fourth-order valence-corrected chi connectivity index (χ4v) is 3.73. The molecule has 1 saturated heterocycles. The van der Waals surface area contributed by atoms with Crippen molar-refractivity contribution in [1.29, 1.82) is 0 Å². The van der Waals surface area contributed by atoms with E-state index in [9.17, 15) is 9.59 Å². The summed E-state index contributed by atoms with van der Waals surface area (Å²) in [5.74, 6) is 0.902. The van der Waals surface area contributed by atoms with E-state index in [1.54, 1.807) is 34.9 Å². The second kappa shape index (κ2) is 7.36. The number of ether oxygens (including phenoxy) is 3. The molecule has 150 valence electrons. The van der Waals surface area contributed by atoms with Crippen molar-refractivity contribution < 1.29 is 19.0 Å². The first-order chi connectivity index (χ1) is 13.5. The number of hydrogen-bond acceptors (Lipinski definition) is 7. The molecule has 10 nitrogen and oxygen atoms in total. The van der Waals surface area contributed by atoms with Gasteiger partial charge >= 0.3 is 5.69 Å². The van der Waals surface area contributed by atoms with Gasteiger partial charge in [0.05, 0.1) is 33.4 Å². The fourth-order valence-electron chi connectivity index (χ4n) is 3.73. The maximum Gasteiger partial charge on any atom is 0.346 e. The molecule has 0 aromatic carbocycles. The van der Waals surface area contributed by atoms with Crippen LogP contribution in [-0.4, -0.2) is 69.7 Å². The van der Waals surface area contributed by atoms with Crippen molar-refractivity contribution in [2.45, 2.75) is 31.7 Å². The average molecular weight is 389 g/mol. The molecule has 0 N–H and O–H groups in total. The van der Waals surface area contributed by atoms with E-state index in [-0.39, 0.29) is 18.2 Å². The third-order valence-corrected chi connectivity index (χ3v) is 5.25. The van der Waals surface area contributed by atoms with E-state index in [4.69, 9.17) is 14.2 Å². The minimum Gasteiger partial charge on any atom is -0.481 e. The lowest BCUT2D eigenvalue weighted by atomic mass is 10.0. The largest absolute Gasteiger partial charge is 0.481 e. The van der Waals surface area contributed by atoms with Crippen LogP contribution >= 0.6 is 0 Å². The van der Waals surface area contributed by atoms with Crippen molar-refractivity contribution in [3.63, 3.8) is 0 Å². The molecule has 0 saturated carbocycles. The highest BCUT2D eigenvalue weighted by Gasteiger charge is 2.45. The predicted molar refractivity (Wildman–Crippen MR) is 97.2 cm³/mol. The van der Waals surface area contributed by atoms with Gasteiger partial charge in [-0.2, -0.15) is 5.10 Å². The maximum absolute atomic E-state index is 12.9. The molecule has 1 atom stereocenters. The van der Waals surface area contributed by atoms with E-state index in [2.05, 4.69) is 10.1 Å². The van der Waals surface area contributed by atoms with Crippen LogP contribution < -0.4 is 10.4 Å². The minimum absolute atomic E-state index is 0.102. The first kappa shape index (κ1) is 18.6. The summed E-state index contributed by atoms with van der Waals surface area (Å²) in [4.78, 5) is 31.3. The number of nitrogens with zero attached hydrogens (tertiary/aromatic N) is 5. The summed E-state index contributed by atoms with van der Waals surface area (Å²) in [7, 11) is 3.10. The van der Waals surface area contributed by atoms with Crippen LogP contribution in [0.3, 0.4) is 0 Å². The van der Waals surface area contributed by atoms with Gasteiger partial charge in [-0.05, 0) is 12.5 Å². The van der Waals surface area contributed by atoms with Crippen LogP contribution in [0.25, 0.3) is 0 Å². The maximum atomic E-state index is 12.9. The van der Waals surface area contributed by atoms with Gasteiger partial charge in [0, 0.05) is 31.5 Å². The second-order valence-corrected chi connectivity index (χ2v) is 7.04. The van der Waals surface area contributed by atoms with E-state index in [1.807, 2.05) is 0 Å². The van der Waals surface area contributed by atoms with Crippen molar-refractivity contribution in [3.8, 4) is 5.88 Å². The summed E-state index contributed by atoms with van der Waals surface area (Å²) in [5.41, 5.74) is -0.220. The standard InChI is InChI=1S/C18H23N5O5/c1-26-8-7-23-17(25)22-12-18(28-10-14(22)20-23)4-6-21(11-18)16(24)13-3-5-19-15(9-13)27-2/h3,5,9H,4,6-8,10-12H2,1-2H3. The lowest BCUT2D eigenvalue weighted by Crippen LogP contribution is -2.47. The van der Waals surface area contributed by atoms with Gasteiger partial charge in [0.2, 0.25) is 5.88 Å². The Kier molecular flexibility index (Phi) is 4.90. The van der Waals surface area contributed by atoms with Crippen LogP contribution in [0.2, 0.25) is 0 Å². The summed E-state index contributed by atoms with van der Waals surface area (Å²) in [6.45, 7) is 2.44. The van der Waals surface area contributed by atoms with Crippen molar-refractivity contribution in [2.24, 2.45) is 0 Å². The SMILES string of the molecule is COCCn1nc2n(c1=O)CC1(CCN(C(=O)c3ccnc(OC)c3)C1)OC2. The summed E-state index contributed by atoms with van der Waals surface area (Å²) >= 11 is 0. The van der Waals surface area contributed by atoms with Crippen LogP contribution in [0.15, 0.2) is 23.1 Å². The zero-order valence-electron chi connectivity index (χ0n) is 16.0. The molecule has 4 rings (SSSR count). The fraction of sp³-hybridized carbons (Fsp3) is 0.556. The molecule has 1 spiro atoms. The van der Waals surface area contributed by atoms with E-state index in [0.29, 0.717) is 56.5 Å². The lowest BCUT2D eigenvalue weighted by Gasteiger charge is -2.33. The smallest absolute Gasteiger partial charge is 0.346 e. The van der Waals surface area contributed by atoms with Crippen LogP contribution in [0.5, 0.6) is 5.88 Å². The Morgan fingerprint density at radius 2 is 2.21 bits per heavy atom. The molecule has 4 heterocycles. The predicted octanol–water partition coefficient (Wildman–Crippen LogP) is -0.0901. The Morgan fingerprint density at radius 1 is 1.36 bits per heavy atom. The number of aromatic nitrogens is 4. The zero-order chi connectivity index (χ0) is 19.7. The Balaban J connectivity index is 1.50. The molecule has 10 heteroatoms. The third-order valence-electron chi connectivity index (χ3n) is 5.25. The molecule has 1 fully saturated rings. The van der Waals surface area contributed by atoms with Crippen molar-refractivity contribution >= 4 is 5.91 Å². The van der Waals surface area contributed by atoms with E-state index in [0.717, 1.165) is 0 Å². The highest BCUT2D eigenvalue weighted by atomic mass is 16.5. The number of rotatable bonds is 5. The van der Waals surface area contributed by atoms with Gasteiger partial charge in [-0.1, -0.05) is 0 Å². The Labute approximate surface area is 161 Å². The van der Waals surface area contributed by atoms with Gasteiger partial charge in [-0.25, -0.2) is 14.5 Å². The third kappa shape index (κ3) is 3.29. The molecule has 2 aliphatic rings. The van der Waals surface area contributed by atoms with Crippen LogP contribution in [0, 0.1) is 0 Å². The molecule has 0 aliphatic carbocycles. The number of methoxy groups -OCH3 is 2. The minimum atomic E-state index is -0.571. The molecule has 2 aromatic rings. The highest BCUT2D eigenvalue weighted by molar-refractivity contribution is 5.94. The van der Waals surface area contributed by atoms with Crippen molar-refractivity contribution in [2.75, 3.05) is 33.9 Å². The molecular weight excluding hydrogens is 366 g/mol. The van der Waals surface area contributed by atoms with Gasteiger partial charge in [-0.15, -0.1) is 0 Å². The molecule has 28 heavy (non-hydrogen) atoms. The number of fused-ring (bicyclic) bond motifs is 1. The Morgan fingerprint density at radius 3 is 3.00 bits per heavy atom. The number of likely N-dealkylation sites (tertiary alicyclic amines) is 1. The summed E-state index contributed by atoms with van der Waals surface area (Å²) in [6.07, 6.45) is 2.21. The van der Waals surface area contributed by atoms with Crippen molar-refractivity contribution in [1.82, 2.24) is 24.2 Å². The monoisotopic (exact) mass is 389 g/mol.